The second kappa shape index (κ2) is 5.93. The fraction of sp³-hybridized carbons (Fsp3) is 0.500. The van der Waals surface area contributed by atoms with Crippen LogP contribution in [0.4, 0.5) is 8.78 Å². The summed E-state index contributed by atoms with van der Waals surface area (Å²) in [4.78, 5) is 0. The Morgan fingerprint density at radius 3 is 2.71 bits per heavy atom. The van der Waals surface area contributed by atoms with Gasteiger partial charge in [-0.25, -0.2) is 8.78 Å². The molecular formula is C16H18ClF2NO. The van der Waals surface area contributed by atoms with Crippen molar-refractivity contribution in [3.05, 3.63) is 34.5 Å². The Bertz CT molecular complexity index is 647. The van der Waals surface area contributed by atoms with Gasteiger partial charge in [0.2, 0.25) is 0 Å². The number of nitrogens with zero attached hydrogens (tertiary/aromatic N) is 1. The summed E-state index contributed by atoms with van der Waals surface area (Å²) in [5.74, 6) is 0.391. The largest absolute Gasteiger partial charge is 0.381 e. The van der Waals surface area contributed by atoms with Gasteiger partial charge >= 0.3 is 0 Å². The van der Waals surface area contributed by atoms with Crippen LogP contribution in [0.5, 0.6) is 0 Å². The van der Waals surface area contributed by atoms with Crippen molar-refractivity contribution in [2.24, 2.45) is 5.92 Å². The first-order chi connectivity index (χ1) is 10.1. The van der Waals surface area contributed by atoms with Crippen LogP contribution in [0.3, 0.4) is 0 Å². The quantitative estimate of drug-likeness (QED) is 0.780. The zero-order valence-electron chi connectivity index (χ0n) is 11.9. The van der Waals surface area contributed by atoms with Crippen LogP contribution in [0.15, 0.2) is 18.2 Å². The highest BCUT2D eigenvalue weighted by atomic mass is 35.5. The molecule has 0 spiro atoms. The Morgan fingerprint density at radius 1 is 1.33 bits per heavy atom. The predicted molar refractivity (Wildman–Crippen MR) is 80.2 cm³/mol. The van der Waals surface area contributed by atoms with Gasteiger partial charge in [-0.15, -0.1) is 0 Å². The van der Waals surface area contributed by atoms with Gasteiger partial charge in [-0.3, -0.25) is 0 Å². The smallest absolute Gasteiger partial charge is 0.278 e. The third-order valence-electron chi connectivity index (χ3n) is 4.32. The van der Waals surface area contributed by atoms with Gasteiger partial charge in [0.05, 0.1) is 5.69 Å². The second-order valence-corrected chi connectivity index (χ2v) is 6.08. The molecule has 0 amide bonds. The lowest BCUT2D eigenvalue weighted by Crippen LogP contribution is -2.21. The molecule has 3 rings (SSSR count). The number of rotatable bonds is 3. The zero-order chi connectivity index (χ0) is 15.0. The molecule has 0 saturated carbocycles. The lowest BCUT2D eigenvalue weighted by Gasteiger charge is -2.24. The van der Waals surface area contributed by atoms with Crippen molar-refractivity contribution >= 4 is 22.5 Å². The highest BCUT2D eigenvalue weighted by Gasteiger charge is 2.24. The molecule has 5 heteroatoms. The number of aromatic nitrogens is 1. The molecule has 2 nitrogen and oxygen atoms in total. The van der Waals surface area contributed by atoms with E-state index < -0.39 is 6.43 Å². The van der Waals surface area contributed by atoms with Crippen molar-refractivity contribution in [3.8, 4) is 0 Å². The Kier molecular flexibility index (Phi) is 4.18. The topological polar surface area (TPSA) is 14.2 Å². The van der Waals surface area contributed by atoms with Crippen LogP contribution in [-0.4, -0.2) is 17.8 Å². The van der Waals surface area contributed by atoms with Gasteiger partial charge in [-0.1, -0.05) is 11.6 Å². The molecule has 114 valence electrons. The van der Waals surface area contributed by atoms with Crippen molar-refractivity contribution in [1.82, 2.24) is 4.57 Å². The molecule has 2 aromatic rings. The summed E-state index contributed by atoms with van der Waals surface area (Å²) < 4.78 is 34.1. The molecule has 0 bridgehead atoms. The highest BCUT2D eigenvalue weighted by Crippen LogP contribution is 2.35. The maximum absolute atomic E-state index is 13.5. The number of halogens is 3. The van der Waals surface area contributed by atoms with E-state index >= 15 is 0 Å². The van der Waals surface area contributed by atoms with Gasteiger partial charge in [0.15, 0.2) is 0 Å². The molecule has 0 aliphatic carbocycles. The molecule has 1 aromatic carbocycles. The summed E-state index contributed by atoms with van der Waals surface area (Å²) in [6, 6.07) is 5.38. The van der Waals surface area contributed by atoms with Crippen LogP contribution in [0.25, 0.3) is 10.9 Å². The molecule has 0 atom stereocenters. The maximum Gasteiger partial charge on any atom is 0.278 e. The van der Waals surface area contributed by atoms with Gasteiger partial charge in [0.25, 0.3) is 6.43 Å². The number of hydrogen-bond acceptors (Lipinski definition) is 1. The van der Waals surface area contributed by atoms with E-state index in [2.05, 4.69) is 0 Å². The van der Waals surface area contributed by atoms with E-state index in [0.29, 0.717) is 23.0 Å². The molecule has 0 N–H and O–H groups in total. The minimum atomic E-state index is -2.48. The lowest BCUT2D eigenvalue weighted by atomic mass is 10.0. The van der Waals surface area contributed by atoms with Crippen LogP contribution in [0.2, 0.25) is 5.02 Å². The summed E-state index contributed by atoms with van der Waals surface area (Å²) in [6.07, 6.45) is -0.625. The Balaban J connectivity index is 2.07. The molecule has 0 unspecified atom stereocenters. The summed E-state index contributed by atoms with van der Waals surface area (Å²) in [7, 11) is 0. The van der Waals surface area contributed by atoms with Crippen LogP contribution < -0.4 is 0 Å². The van der Waals surface area contributed by atoms with Crippen molar-refractivity contribution in [2.45, 2.75) is 32.7 Å². The minimum Gasteiger partial charge on any atom is -0.381 e. The highest BCUT2D eigenvalue weighted by molar-refractivity contribution is 6.31. The first-order valence-electron chi connectivity index (χ1n) is 7.22. The third kappa shape index (κ3) is 2.79. The number of hydrogen-bond donors (Lipinski definition) is 0. The van der Waals surface area contributed by atoms with E-state index in [9.17, 15) is 8.78 Å². The fourth-order valence-electron chi connectivity index (χ4n) is 3.18. The molecule has 0 radical (unpaired) electrons. The summed E-state index contributed by atoms with van der Waals surface area (Å²) in [6.45, 7) is 3.81. The Morgan fingerprint density at radius 2 is 2.05 bits per heavy atom. The monoisotopic (exact) mass is 313 g/mol. The number of ether oxygens (including phenoxy) is 1. The second-order valence-electron chi connectivity index (χ2n) is 5.64. The number of benzene rings is 1. The van der Waals surface area contributed by atoms with Gasteiger partial charge in [-0.2, -0.15) is 0 Å². The molecule has 1 aromatic heterocycles. The van der Waals surface area contributed by atoms with Gasteiger partial charge < -0.3 is 9.30 Å². The molecule has 1 fully saturated rings. The zero-order valence-corrected chi connectivity index (χ0v) is 12.7. The van der Waals surface area contributed by atoms with Crippen LogP contribution in [0, 0.1) is 12.8 Å². The first kappa shape index (κ1) is 14.8. The van der Waals surface area contributed by atoms with E-state index in [0.717, 1.165) is 37.0 Å². The number of fused-ring (bicyclic) bond motifs is 1. The molecule has 2 heterocycles. The Labute approximate surface area is 127 Å². The third-order valence-corrected chi connectivity index (χ3v) is 4.55. The van der Waals surface area contributed by atoms with Crippen molar-refractivity contribution in [1.29, 1.82) is 0 Å². The predicted octanol–water partition coefficient (Wildman–Crippen LogP) is 4.97. The van der Waals surface area contributed by atoms with Crippen molar-refractivity contribution < 1.29 is 13.5 Å². The van der Waals surface area contributed by atoms with E-state index in [1.54, 1.807) is 23.6 Å². The summed E-state index contributed by atoms with van der Waals surface area (Å²) in [5, 5.41) is 1.40. The maximum atomic E-state index is 13.5. The van der Waals surface area contributed by atoms with E-state index in [1.807, 2.05) is 6.07 Å². The average Bonchev–Trinajstić information content (AvgIpc) is 2.72. The summed E-state index contributed by atoms with van der Waals surface area (Å²) in [5.41, 5.74) is 1.60. The van der Waals surface area contributed by atoms with Crippen LogP contribution >= 0.6 is 11.6 Å². The first-order valence-corrected chi connectivity index (χ1v) is 7.60. The summed E-state index contributed by atoms with van der Waals surface area (Å²) >= 11 is 6.01. The SMILES string of the molecule is Cc1c(C(F)F)n(CC2CCOCC2)c2ccc(Cl)cc12. The fourth-order valence-corrected chi connectivity index (χ4v) is 3.35. The molecule has 1 saturated heterocycles. The van der Waals surface area contributed by atoms with E-state index in [1.165, 1.54) is 0 Å². The average molecular weight is 314 g/mol. The van der Waals surface area contributed by atoms with Gasteiger partial charge in [0, 0.05) is 35.7 Å². The molecule has 1 aliphatic rings. The van der Waals surface area contributed by atoms with Crippen LogP contribution in [-0.2, 0) is 11.3 Å². The number of alkyl halides is 2. The lowest BCUT2D eigenvalue weighted by molar-refractivity contribution is 0.0599. The van der Waals surface area contributed by atoms with Crippen LogP contribution in [0.1, 0.15) is 30.5 Å². The van der Waals surface area contributed by atoms with Crippen molar-refractivity contribution in [2.75, 3.05) is 13.2 Å². The van der Waals surface area contributed by atoms with E-state index in [-0.39, 0.29) is 5.69 Å². The van der Waals surface area contributed by atoms with E-state index in [4.69, 9.17) is 16.3 Å². The normalized spacial score (nSPS) is 17.0. The Hall–Kier alpha value is -1.13. The van der Waals surface area contributed by atoms with Crippen molar-refractivity contribution in [3.63, 3.8) is 0 Å². The van der Waals surface area contributed by atoms with Gasteiger partial charge in [0.1, 0.15) is 0 Å². The molecular weight excluding hydrogens is 296 g/mol. The van der Waals surface area contributed by atoms with Gasteiger partial charge in [-0.05, 0) is 49.4 Å². The minimum absolute atomic E-state index is 0.124. The molecule has 1 aliphatic heterocycles. The molecule has 21 heavy (non-hydrogen) atoms. The standard InChI is InChI=1S/C16H18ClF2NO/c1-10-13-8-12(17)2-3-14(13)20(15(10)16(18)19)9-11-4-6-21-7-5-11/h2-3,8,11,16H,4-7,9H2,1H3. The number of aryl methyl sites for hydroxylation is 1.